The molecule has 0 aliphatic heterocycles. The molecule has 0 spiro atoms. The van der Waals surface area contributed by atoms with Crippen molar-refractivity contribution in [3.63, 3.8) is 0 Å². The molecule has 0 aliphatic carbocycles. The standard InChI is InChI=1S/C13H12N2O4S/c1-10-2-4-11(5-3-10)14-20(18,19)13-8-6-12(7-9-13)15(16)17/h2-9,14H,1H3. The van der Waals surface area contributed by atoms with Crippen molar-refractivity contribution in [2.24, 2.45) is 0 Å². The van der Waals surface area contributed by atoms with Crippen LogP contribution in [0.5, 0.6) is 0 Å². The second-order valence-electron chi connectivity index (χ2n) is 4.22. The predicted octanol–water partition coefficient (Wildman–Crippen LogP) is 2.70. The van der Waals surface area contributed by atoms with Gasteiger partial charge in [0.25, 0.3) is 15.7 Å². The van der Waals surface area contributed by atoms with Gasteiger partial charge in [0, 0.05) is 17.8 Å². The van der Waals surface area contributed by atoms with Gasteiger partial charge in [-0.3, -0.25) is 14.8 Å². The third kappa shape index (κ3) is 3.12. The lowest BCUT2D eigenvalue weighted by molar-refractivity contribution is -0.384. The third-order valence-corrected chi connectivity index (χ3v) is 4.06. The van der Waals surface area contributed by atoms with Crippen molar-refractivity contribution in [3.05, 3.63) is 64.2 Å². The summed E-state index contributed by atoms with van der Waals surface area (Å²) < 4.78 is 26.6. The minimum absolute atomic E-state index is 0.0244. The van der Waals surface area contributed by atoms with Crippen molar-refractivity contribution in [2.45, 2.75) is 11.8 Å². The second-order valence-corrected chi connectivity index (χ2v) is 5.90. The lowest BCUT2D eigenvalue weighted by atomic mass is 10.2. The number of nitrogens with one attached hydrogen (secondary N) is 1. The first-order chi connectivity index (χ1) is 9.38. The van der Waals surface area contributed by atoms with E-state index in [1.807, 2.05) is 6.92 Å². The average Bonchev–Trinajstić information content (AvgIpc) is 2.41. The minimum atomic E-state index is -3.74. The van der Waals surface area contributed by atoms with Gasteiger partial charge in [0.15, 0.2) is 0 Å². The maximum atomic E-state index is 12.1. The summed E-state index contributed by atoms with van der Waals surface area (Å²) in [4.78, 5) is 9.92. The third-order valence-electron chi connectivity index (χ3n) is 2.66. The van der Waals surface area contributed by atoms with Crippen molar-refractivity contribution in [3.8, 4) is 0 Å². The highest BCUT2D eigenvalue weighted by atomic mass is 32.2. The molecule has 6 nitrogen and oxygen atoms in total. The summed E-state index contributed by atoms with van der Waals surface area (Å²) >= 11 is 0. The summed E-state index contributed by atoms with van der Waals surface area (Å²) in [5.74, 6) is 0. The molecule has 104 valence electrons. The van der Waals surface area contributed by atoms with Crippen LogP contribution in [0.15, 0.2) is 53.4 Å². The molecule has 20 heavy (non-hydrogen) atoms. The van der Waals surface area contributed by atoms with E-state index in [0.29, 0.717) is 5.69 Å². The first-order valence-corrected chi connectivity index (χ1v) is 7.21. The molecule has 0 amide bonds. The molecule has 2 rings (SSSR count). The Kier molecular flexibility index (Phi) is 3.71. The number of non-ortho nitro benzene ring substituents is 1. The van der Waals surface area contributed by atoms with Gasteiger partial charge in [-0.25, -0.2) is 8.42 Å². The number of anilines is 1. The molecule has 0 atom stereocenters. The molecule has 0 saturated heterocycles. The van der Waals surface area contributed by atoms with Gasteiger partial charge in [-0.2, -0.15) is 0 Å². The van der Waals surface area contributed by atoms with Crippen molar-refractivity contribution >= 4 is 21.4 Å². The molecule has 2 aromatic rings. The SMILES string of the molecule is Cc1ccc(NS(=O)(=O)c2ccc([N+](=O)[O-])cc2)cc1. The summed E-state index contributed by atoms with van der Waals surface area (Å²) in [6.45, 7) is 1.90. The fourth-order valence-electron chi connectivity index (χ4n) is 1.58. The number of sulfonamides is 1. The van der Waals surface area contributed by atoms with Crippen molar-refractivity contribution in [1.29, 1.82) is 0 Å². The van der Waals surface area contributed by atoms with Gasteiger partial charge in [-0.1, -0.05) is 17.7 Å². The predicted molar refractivity (Wildman–Crippen MR) is 75.1 cm³/mol. The zero-order valence-electron chi connectivity index (χ0n) is 10.6. The first-order valence-electron chi connectivity index (χ1n) is 5.72. The van der Waals surface area contributed by atoms with E-state index in [9.17, 15) is 18.5 Å². The summed E-state index contributed by atoms with van der Waals surface area (Å²) in [6.07, 6.45) is 0. The van der Waals surface area contributed by atoms with Crippen molar-refractivity contribution in [2.75, 3.05) is 4.72 Å². The molecule has 0 aliphatic rings. The Labute approximate surface area is 116 Å². The van der Waals surface area contributed by atoms with Crippen molar-refractivity contribution in [1.82, 2.24) is 0 Å². The second kappa shape index (κ2) is 5.30. The summed E-state index contributed by atoms with van der Waals surface area (Å²) in [5.41, 5.74) is 1.30. The van der Waals surface area contributed by atoms with Crippen LogP contribution < -0.4 is 4.72 Å². The largest absolute Gasteiger partial charge is 0.280 e. The molecule has 0 unspecified atom stereocenters. The fraction of sp³-hybridized carbons (Fsp3) is 0.0769. The molecule has 0 fully saturated rings. The zero-order chi connectivity index (χ0) is 14.8. The number of rotatable bonds is 4. The van der Waals surface area contributed by atoms with Crippen LogP contribution in [0.3, 0.4) is 0 Å². The number of hydrogen-bond acceptors (Lipinski definition) is 4. The Hall–Kier alpha value is -2.41. The Morgan fingerprint density at radius 2 is 1.55 bits per heavy atom. The van der Waals surface area contributed by atoms with Gasteiger partial charge >= 0.3 is 0 Å². The van der Waals surface area contributed by atoms with Gasteiger partial charge in [0.05, 0.1) is 9.82 Å². The lowest BCUT2D eigenvalue weighted by Gasteiger charge is -2.08. The van der Waals surface area contributed by atoms with Crippen LogP contribution in [0.2, 0.25) is 0 Å². The Balaban J connectivity index is 2.26. The maximum absolute atomic E-state index is 12.1. The van der Waals surface area contributed by atoms with Crippen LogP contribution in [-0.2, 0) is 10.0 Å². The number of hydrogen-bond donors (Lipinski definition) is 1. The molecule has 2 aromatic carbocycles. The van der Waals surface area contributed by atoms with Crippen LogP contribution >= 0.6 is 0 Å². The lowest BCUT2D eigenvalue weighted by Crippen LogP contribution is -2.12. The fourth-order valence-corrected chi connectivity index (χ4v) is 2.64. The van der Waals surface area contributed by atoms with E-state index in [2.05, 4.69) is 4.72 Å². The highest BCUT2D eigenvalue weighted by Crippen LogP contribution is 2.19. The summed E-state index contributed by atoms with van der Waals surface area (Å²) in [6, 6.07) is 11.6. The number of nitrogens with zero attached hydrogens (tertiary/aromatic N) is 1. The average molecular weight is 292 g/mol. The number of benzene rings is 2. The number of nitro groups is 1. The number of aryl methyl sites for hydroxylation is 1. The first kappa shape index (κ1) is 14.0. The monoisotopic (exact) mass is 292 g/mol. The van der Waals surface area contributed by atoms with Crippen molar-refractivity contribution < 1.29 is 13.3 Å². The molecule has 0 heterocycles. The Morgan fingerprint density at radius 3 is 2.05 bits per heavy atom. The van der Waals surface area contributed by atoms with E-state index in [1.54, 1.807) is 24.3 Å². The Bertz CT molecular complexity index is 722. The van der Waals surface area contributed by atoms with Gasteiger partial charge in [0.2, 0.25) is 0 Å². The van der Waals surface area contributed by atoms with Gasteiger partial charge in [-0.05, 0) is 31.2 Å². The van der Waals surface area contributed by atoms with E-state index in [0.717, 1.165) is 17.7 Å². The molecule has 0 aromatic heterocycles. The van der Waals surface area contributed by atoms with E-state index < -0.39 is 14.9 Å². The zero-order valence-corrected chi connectivity index (χ0v) is 11.4. The summed E-state index contributed by atoms with van der Waals surface area (Å²) in [5, 5.41) is 10.5. The van der Waals surface area contributed by atoms with E-state index >= 15 is 0 Å². The molecule has 0 saturated carbocycles. The minimum Gasteiger partial charge on any atom is -0.280 e. The topological polar surface area (TPSA) is 89.3 Å². The van der Waals surface area contributed by atoms with Crippen LogP contribution in [0.25, 0.3) is 0 Å². The van der Waals surface area contributed by atoms with Crippen LogP contribution in [0.4, 0.5) is 11.4 Å². The van der Waals surface area contributed by atoms with Crippen LogP contribution in [0.1, 0.15) is 5.56 Å². The summed E-state index contributed by atoms with van der Waals surface area (Å²) in [7, 11) is -3.74. The molecule has 0 radical (unpaired) electrons. The van der Waals surface area contributed by atoms with Gasteiger partial charge < -0.3 is 0 Å². The normalized spacial score (nSPS) is 11.1. The van der Waals surface area contributed by atoms with E-state index in [4.69, 9.17) is 0 Å². The van der Waals surface area contributed by atoms with Crippen LogP contribution in [0, 0.1) is 17.0 Å². The molecular weight excluding hydrogens is 280 g/mol. The molecular formula is C13H12N2O4S. The van der Waals surface area contributed by atoms with E-state index in [1.165, 1.54) is 12.1 Å². The molecule has 1 N–H and O–H groups in total. The van der Waals surface area contributed by atoms with Gasteiger partial charge in [-0.15, -0.1) is 0 Å². The Morgan fingerprint density at radius 1 is 1.00 bits per heavy atom. The maximum Gasteiger partial charge on any atom is 0.269 e. The molecule has 0 bridgehead atoms. The van der Waals surface area contributed by atoms with E-state index in [-0.39, 0.29) is 10.6 Å². The highest BCUT2D eigenvalue weighted by Gasteiger charge is 2.15. The molecule has 7 heteroatoms. The highest BCUT2D eigenvalue weighted by molar-refractivity contribution is 7.92. The van der Waals surface area contributed by atoms with Crippen LogP contribution in [-0.4, -0.2) is 13.3 Å². The smallest absolute Gasteiger partial charge is 0.269 e. The van der Waals surface area contributed by atoms with Gasteiger partial charge in [0.1, 0.15) is 0 Å². The number of nitro benzene ring substituents is 1. The quantitative estimate of drug-likeness (QED) is 0.693.